The van der Waals surface area contributed by atoms with E-state index < -0.39 is 6.04 Å². The van der Waals surface area contributed by atoms with Crippen molar-refractivity contribution in [2.24, 2.45) is 0 Å². The zero-order chi connectivity index (χ0) is 31.5. The van der Waals surface area contributed by atoms with Gasteiger partial charge in [-0.15, -0.1) is 0 Å². The summed E-state index contributed by atoms with van der Waals surface area (Å²) in [5, 5.41) is 3.45. The Morgan fingerprint density at radius 3 is 1.76 bits per heavy atom. The highest BCUT2D eigenvalue weighted by Gasteiger charge is 2.21. The molecule has 0 aliphatic carbocycles. The van der Waals surface area contributed by atoms with Gasteiger partial charge in [-0.05, 0) is 56.4 Å². The van der Waals surface area contributed by atoms with Gasteiger partial charge in [0.25, 0.3) is 0 Å². The van der Waals surface area contributed by atoms with Gasteiger partial charge >= 0.3 is 0 Å². The molecule has 7 aromatic carbocycles. The second-order valence-electron chi connectivity index (χ2n) is 9.98. The summed E-state index contributed by atoms with van der Waals surface area (Å²) in [6, 6.07) is 41.0. The molecule has 0 unspecified atom stereocenters. The third kappa shape index (κ3) is 3.76. The Hall–Kier alpha value is -5.47. The van der Waals surface area contributed by atoms with Gasteiger partial charge in [0.05, 0.1) is 23.6 Å². The van der Waals surface area contributed by atoms with Crippen molar-refractivity contribution < 1.29 is 6.85 Å². The maximum absolute atomic E-state index is 8.87. The van der Waals surface area contributed by atoms with Crippen LogP contribution in [0, 0.1) is 0 Å². The van der Waals surface area contributed by atoms with Gasteiger partial charge in [-0.2, -0.15) is 0 Å². The van der Waals surface area contributed by atoms with Crippen molar-refractivity contribution in [1.29, 1.82) is 0 Å². The summed E-state index contributed by atoms with van der Waals surface area (Å²) in [6.07, 6.45) is 0. The molecule has 0 saturated heterocycles. The first-order valence-corrected chi connectivity index (χ1v) is 13.6. The van der Waals surface area contributed by atoms with Gasteiger partial charge in [0, 0.05) is 11.1 Å². The van der Waals surface area contributed by atoms with E-state index >= 15 is 0 Å². The maximum Gasteiger partial charge on any atom is 0.145 e. The summed E-state index contributed by atoms with van der Waals surface area (Å²) in [5.41, 5.74) is 6.64. The molecule has 0 N–H and O–H groups in total. The van der Waals surface area contributed by atoms with Crippen LogP contribution in [0.3, 0.4) is 0 Å². The van der Waals surface area contributed by atoms with Crippen molar-refractivity contribution in [3.63, 3.8) is 0 Å². The van der Waals surface area contributed by atoms with Gasteiger partial charge in [-0.3, -0.25) is 4.57 Å². The molecule has 0 saturated carbocycles. The number of hydrogen-bond donors (Lipinski definition) is 0. The quantitative estimate of drug-likeness (QED) is 0.208. The maximum atomic E-state index is 8.87. The van der Waals surface area contributed by atoms with E-state index in [4.69, 9.17) is 11.8 Å². The fraction of sp³-hybridized carbons (Fsp3) is 0. The molecule has 192 valence electrons. The van der Waals surface area contributed by atoms with Crippen molar-refractivity contribution >= 4 is 32.6 Å². The van der Waals surface area contributed by atoms with E-state index in [0.29, 0.717) is 5.56 Å². The lowest BCUT2D eigenvalue weighted by Crippen LogP contribution is -2.01. The normalized spacial score (nSPS) is 13.1. The highest BCUT2D eigenvalue weighted by molar-refractivity contribution is 6.22. The van der Waals surface area contributed by atoms with E-state index in [1.165, 1.54) is 0 Å². The van der Waals surface area contributed by atoms with E-state index in [1.54, 1.807) is 0 Å². The zero-order valence-electron chi connectivity index (χ0n) is 27.0. The van der Waals surface area contributed by atoms with Crippen LogP contribution in [0.25, 0.3) is 71.9 Å². The van der Waals surface area contributed by atoms with Crippen LogP contribution < -0.4 is 0 Å². The highest BCUT2D eigenvalue weighted by Crippen LogP contribution is 2.45. The van der Waals surface area contributed by atoms with Gasteiger partial charge in [0.2, 0.25) is 0 Å². The molecule has 0 aliphatic heterocycles. The lowest BCUT2D eigenvalue weighted by molar-refractivity contribution is 1.10. The monoisotopic (exact) mass is 527 g/mol. The molecule has 1 heterocycles. The first kappa shape index (κ1) is 18.8. The SMILES string of the molecule is [2H]c1c([2H])c([2H])c(-c2c3ccccc3c(-c3ccccc3-n3c(-c4ccccc4)nc4ccccc43)c3ccccc23)c([2H])c1[2H]. The lowest BCUT2D eigenvalue weighted by Gasteiger charge is -2.20. The second-order valence-corrected chi connectivity index (χ2v) is 9.98. The molecule has 0 atom stereocenters. The molecule has 0 radical (unpaired) electrons. The molecule has 2 heteroatoms. The van der Waals surface area contributed by atoms with Gasteiger partial charge < -0.3 is 0 Å². The average molecular weight is 528 g/mol. The van der Waals surface area contributed by atoms with E-state index in [9.17, 15) is 0 Å². The Kier molecular flexibility index (Phi) is 4.40. The van der Waals surface area contributed by atoms with Crippen molar-refractivity contribution in [3.05, 3.63) is 158 Å². The lowest BCUT2D eigenvalue weighted by atomic mass is 9.85. The van der Waals surface area contributed by atoms with Crippen molar-refractivity contribution in [2.75, 3.05) is 0 Å². The molecule has 8 aromatic rings. The van der Waals surface area contributed by atoms with Crippen molar-refractivity contribution in [1.82, 2.24) is 9.55 Å². The van der Waals surface area contributed by atoms with E-state index in [0.717, 1.165) is 60.8 Å². The fourth-order valence-electron chi connectivity index (χ4n) is 5.99. The van der Waals surface area contributed by atoms with Crippen LogP contribution in [-0.4, -0.2) is 9.55 Å². The molecule has 0 bridgehead atoms. The predicted octanol–water partition coefficient (Wildman–Crippen LogP) is 10.3. The summed E-state index contributed by atoms with van der Waals surface area (Å²) < 4.78 is 45.0. The molecule has 1 aromatic heterocycles. The van der Waals surface area contributed by atoms with Gasteiger partial charge in [0.1, 0.15) is 5.82 Å². The molecule has 2 nitrogen and oxygen atoms in total. The Morgan fingerprint density at radius 1 is 0.488 bits per heavy atom. The topological polar surface area (TPSA) is 17.8 Å². The zero-order valence-corrected chi connectivity index (χ0v) is 22.0. The molecule has 0 fully saturated rings. The average Bonchev–Trinajstić information content (AvgIpc) is 3.50. The molecule has 0 aliphatic rings. The number of para-hydroxylation sites is 3. The number of nitrogens with zero attached hydrogens (tertiary/aromatic N) is 2. The van der Waals surface area contributed by atoms with E-state index in [-0.39, 0.29) is 29.7 Å². The minimum Gasteiger partial charge on any atom is -0.292 e. The van der Waals surface area contributed by atoms with Crippen molar-refractivity contribution in [2.45, 2.75) is 0 Å². The Labute approximate surface area is 245 Å². The summed E-state index contributed by atoms with van der Waals surface area (Å²) in [7, 11) is 0. The molecule has 0 spiro atoms. The first-order valence-electron chi connectivity index (χ1n) is 16.1. The van der Waals surface area contributed by atoms with Gasteiger partial charge in [-0.25, -0.2) is 4.98 Å². The van der Waals surface area contributed by atoms with Crippen LogP contribution in [0.15, 0.2) is 158 Å². The van der Waals surface area contributed by atoms with Crippen LogP contribution in [0.4, 0.5) is 0 Å². The number of hydrogen-bond acceptors (Lipinski definition) is 1. The van der Waals surface area contributed by atoms with Gasteiger partial charge in [0.15, 0.2) is 0 Å². The summed E-state index contributed by atoms with van der Waals surface area (Å²) in [4.78, 5) is 5.09. The molecule has 41 heavy (non-hydrogen) atoms. The summed E-state index contributed by atoms with van der Waals surface area (Å²) in [6.45, 7) is 0. The Balaban J connectivity index is 1.52. The number of imidazole rings is 1. The van der Waals surface area contributed by atoms with Gasteiger partial charge in [-0.1, -0.05) is 139 Å². The number of benzene rings is 7. The predicted molar refractivity (Wildman–Crippen MR) is 172 cm³/mol. The highest BCUT2D eigenvalue weighted by atomic mass is 15.1. The third-order valence-corrected chi connectivity index (χ3v) is 7.69. The van der Waals surface area contributed by atoms with Crippen LogP contribution in [0.2, 0.25) is 0 Å². The fourth-order valence-corrected chi connectivity index (χ4v) is 5.99. The second kappa shape index (κ2) is 9.62. The van der Waals surface area contributed by atoms with E-state index in [2.05, 4.69) is 47.0 Å². The minimum absolute atomic E-state index is 0.199. The Morgan fingerprint density at radius 2 is 1.05 bits per heavy atom. The minimum atomic E-state index is -0.403. The van der Waals surface area contributed by atoms with Crippen LogP contribution >= 0.6 is 0 Å². The number of rotatable bonds is 4. The standard InChI is InChI=1S/C39H26N2/c1-3-15-27(16-4-1)37-29-19-7-9-21-31(29)38(32-22-10-8-20-30(32)37)33-23-11-13-25-35(33)41-36-26-14-12-24-34(36)40-39(41)28-17-5-2-6-18-28/h1-26H/i1D,3D,4D,15D,16D. The van der Waals surface area contributed by atoms with Crippen LogP contribution in [0.1, 0.15) is 6.85 Å². The van der Waals surface area contributed by atoms with E-state index in [1.807, 2.05) is 84.9 Å². The number of aromatic nitrogens is 2. The smallest absolute Gasteiger partial charge is 0.145 e. The molecular formula is C39H26N2. The molecular weight excluding hydrogens is 496 g/mol. The molecule has 8 rings (SSSR count). The summed E-state index contributed by atoms with van der Waals surface area (Å²) >= 11 is 0. The molecule has 0 amide bonds. The Bertz CT molecular complexity index is 2400. The van der Waals surface area contributed by atoms with Crippen molar-refractivity contribution in [3.8, 4) is 39.3 Å². The first-order chi connectivity index (χ1) is 22.5. The summed E-state index contributed by atoms with van der Waals surface area (Å²) in [5.74, 6) is 0.832. The number of fused-ring (bicyclic) bond motifs is 3. The van der Waals surface area contributed by atoms with Crippen LogP contribution in [-0.2, 0) is 0 Å². The largest absolute Gasteiger partial charge is 0.292 e. The third-order valence-electron chi connectivity index (χ3n) is 7.69. The van der Waals surface area contributed by atoms with Crippen LogP contribution in [0.5, 0.6) is 0 Å².